The number of nitrogens with one attached hydrogen (secondary N) is 2. The lowest BCUT2D eigenvalue weighted by Gasteiger charge is -2.13. The Labute approximate surface area is 102 Å². The molecule has 1 amide bonds. The van der Waals surface area contributed by atoms with E-state index in [1.165, 1.54) is 0 Å². The molecule has 0 aromatic carbocycles. The van der Waals surface area contributed by atoms with E-state index in [0.29, 0.717) is 24.7 Å². The number of aromatic nitrogens is 1. The van der Waals surface area contributed by atoms with Crippen molar-refractivity contribution in [1.29, 1.82) is 0 Å². The third-order valence-corrected chi connectivity index (χ3v) is 2.27. The van der Waals surface area contributed by atoms with Crippen molar-refractivity contribution in [3.8, 4) is 5.88 Å². The molecule has 1 aromatic heterocycles. The number of anilines is 1. The van der Waals surface area contributed by atoms with Crippen LogP contribution in [0.4, 0.5) is 5.69 Å². The highest BCUT2D eigenvalue weighted by Gasteiger charge is 2.14. The third-order valence-electron chi connectivity index (χ3n) is 2.27. The highest BCUT2D eigenvalue weighted by Crippen LogP contribution is 2.20. The van der Waals surface area contributed by atoms with Crippen molar-refractivity contribution in [2.24, 2.45) is 5.92 Å². The van der Waals surface area contributed by atoms with Crippen LogP contribution in [0.25, 0.3) is 0 Å². The minimum atomic E-state index is -0.102. The van der Waals surface area contributed by atoms with Crippen LogP contribution in [-0.4, -0.2) is 31.1 Å². The molecule has 0 spiro atoms. The molecule has 1 rings (SSSR count). The molecule has 1 heterocycles. The van der Waals surface area contributed by atoms with Crippen LogP contribution in [0.2, 0.25) is 0 Å². The van der Waals surface area contributed by atoms with Crippen molar-refractivity contribution in [3.05, 3.63) is 18.3 Å². The van der Waals surface area contributed by atoms with Crippen LogP contribution in [0, 0.1) is 5.92 Å². The second kappa shape index (κ2) is 6.85. The average molecular weight is 237 g/mol. The lowest BCUT2D eigenvalue weighted by atomic mass is 10.1. The lowest BCUT2D eigenvalue weighted by molar-refractivity contribution is -0.119. The molecular formula is C12H19N3O2. The maximum atomic E-state index is 11.8. The maximum Gasteiger partial charge on any atom is 0.237 e. The van der Waals surface area contributed by atoms with Gasteiger partial charge in [-0.25, -0.2) is 4.98 Å². The van der Waals surface area contributed by atoms with Crippen LogP contribution in [0.1, 0.15) is 13.8 Å². The van der Waals surface area contributed by atoms with E-state index in [9.17, 15) is 4.79 Å². The molecule has 0 saturated carbocycles. The van der Waals surface area contributed by atoms with E-state index < -0.39 is 0 Å². The summed E-state index contributed by atoms with van der Waals surface area (Å²) in [5.74, 6) is 0.308. The Morgan fingerprint density at radius 1 is 1.59 bits per heavy atom. The number of carbonyl (C=O) groups excluding carboxylic acids is 1. The van der Waals surface area contributed by atoms with Crippen molar-refractivity contribution in [1.82, 2.24) is 10.3 Å². The fraction of sp³-hybridized carbons (Fsp3) is 0.500. The molecule has 1 aromatic rings. The summed E-state index contributed by atoms with van der Waals surface area (Å²) in [6.45, 7) is 4.90. The van der Waals surface area contributed by atoms with Crippen LogP contribution in [0.15, 0.2) is 18.3 Å². The number of amides is 1. The molecule has 1 atom stereocenters. The zero-order valence-electron chi connectivity index (χ0n) is 10.5. The number of rotatable bonds is 6. The van der Waals surface area contributed by atoms with Crippen LogP contribution in [0.3, 0.4) is 0 Å². The minimum absolute atomic E-state index is 0.0479. The van der Waals surface area contributed by atoms with Crippen molar-refractivity contribution < 1.29 is 9.53 Å². The van der Waals surface area contributed by atoms with Gasteiger partial charge in [0.2, 0.25) is 11.8 Å². The first-order valence-electron chi connectivity index (χ1n) is 5.72. The van der Waals surface area contributed by atoms with Crippen molar-refractivity contribution >= 4 is 11.6 Å². The summed E-state index contributed by atoms with van der Waals surface area (Å²) in [6.07, 6.45) is 1.64. The van der Waals surface area contributed by atoms with Gasteiger partial charge in [0.25, 0.3) is 0 Å². The van der Waals surface area contributed by atoms with E-state index in [1.807, 2.05) is 20.9 Å². The quantitative estimate of drug-likeness (QED) is 0.782. The van der Waals surface area contributed by atoms with E-state index in [0.717, 1.165) is 0 Å². The largest absolute Gasteiger partial charge is 0.476 e. The standard InChI is InChI=1S/C12H19N3O2/c1-4-17-12-10(6-5-7-14-12)15-11(16)9(2)8-13-3/h5-7,9,13H,4,8H2,1-3H3,(H,15,16). The van der Waals surface area contributed by atoms with E-state index in [2.05, 4.69) is 15.6 Å². The van der Waals surface area contributed by atoms with Gasteiger partial charge in [0.1, 0.15) is 5.69 Å². The van der Waals surface area contributed by atoms with Gasteiger partial charge in [-0.2, -0.15) is 0 Å². The minimum Gasteiger partial charge on any atom is -0.476 e. The van der Waals surface area contributed by atoms with E-state index in [1.54, 1.807) is 18.3 Å². The second-order valence-corrected chi connectivity index (χ2v) is 3.74. The van der Waals surface area contributed by atoms with Crippen LogP contribution < -0.4 is 15.4 Å². The van der Waals surface area contributed by atoms with Gasteiger partial charge in [-0.05, 0) is 26.1 Å². The van der Waals surface area contributed by atoms with Crippen LogP contribution in [-0.2, 0) is 4.79 Å². The predicted octanol–water partition coefficient (Wildman–Crippen LogP) is 1.27. The first kappa shape index (κ1) is 13.4. The molecule has 0 bridgehead atoms. The van der Waals surface area contributed by atoms with Crippen LogP contribution >= 0.6 is 0 Å². The zero-order valence-corrected chi connectivity index (χ0v) is 10.5. The molecule has 5 nitrogen and oxygen atoms in total. The van der Waals surface area contributed by atoms with Crippen molar-refractivity contribution in [3.63, 3.8) is 0 Å². The van der Waals surface area contributed by atoms with Gasteiger partial charge in [-0.1, -0.05) is 6.92 Å². The molecule has 94 valence electrons. The second-order valence-electron chi connectivity index (χ2n) is 3.74. The number of hydrogen-bond donors (Lipinski definition) is 2. The lowest BCUT2D eigenvalue weighted by Crippen LogP contribution is -2.28. The first-order valence-corrected chi connectivity index (χ1v) is 5.72. The summed E-state index contributed by atoms with van der Waals surface area (Å²) in [5, 5.41) is 5.78. The molecule has 1 unspecified atom stereocenters. The number of nitrogens with zero attached hydrogens (tertiary/aromatic N) is 1. The van der Waals surface area contributed by atoms with E-state index >= 15 is 0 Å². The van der Waals surface area contributed by atoms with E-state index in [4.69, 9.17) is 4.74 Å². The predicted molar refractivity (Wildman–Crippen MR) is 67.1 cm³/mol. The number of ether oxygens (including phenoxy) is 1. The van der Waals surface area contributed by atoms with Gasteiger partial charge >= 0.3 is 0 Å². The Balaban J connectivity index is 2.70. The molecule has 0 fully saturated rings. The molecule has 2 N–H and O–H groups in total. The number of pyridine rings is 1. The van der Waals surface area contributed by atoms with Gasteiger partial charge in [0.15, 0.2) is 0 Å². The summed E-state index contributed by atoms with van der Waals surface area (Å²) in [4.78, 5) is 15.9. The summed E-state index contributed by atoms with van der Waals surface area (Å²) in [6, 6.07) is 3.54. The van der Waals surface area contributed by atoms with E-state index in [-0.39, 0.29) is 11.8 Å². The molecular weight excluding hydrogens is 218 g/mol. The van der Waals surface area contributed by atoms with Gasteiger partial charge in [-0.3, -0.25) is 4.79 Å². The van der Waals surface area contributed by atoms with Gasteiger partial charge < -0.3 is 15.4 Å². The molecule has 0 aliphatic heterocycles. The third kappa shape index (κ3) is 4.03. The summed E-state index contributed by atoms with van der Waals surface area (Å²) in [7, 11) is 1.82. The summed E-state index contributed by atoms with van der Waals surface area (Å²) < 4.78 is 5.34. The summed E-state index contributed by atoms with van der Waals surface area (Å²) >= 11 is 0. The topological polar surface area (TPSA) is 63.2 Å². The van der Waals surface area contributed by atoms with Gasteiger partial charge in [0.05, 0.1) is 6.61 Å². The zero-order chi connectivity index (χ0) is 12.7. The highest BCUT2D eigenvalue weighted by molar-refractivity contribution is 5.93. The molecule has 0 radical (unpaired) electrons. The van der Waals surface area contributed by atoms with Gasteiger partial charge in [-0.15, -0.1) is 0 Å². The molecule has 0 saturated heterocycles. The average Bonchev–Trinajstić information content (AvgIpc) is 2.32. The van der Waals surface area contributed by atoms with Gasteiger partial charge in [0, 0.05) is 18.7 Å². The van der Waals surface area contributed by atoms with Crippen molar-refractivity contribution in [2.75, 3.05) is 25.5 Å². The highest BCUT2D eigenvalue weighted by atomic mass is 16.5. The fourth-order valence-electron chi connectivity index (χ4n) is 1.39. The normalized spacial score (nSPS) is 11.9. The molecule has 5 heteroatoms. The number of carbonyl (C=O) groups is 1. The molecule has 17 heavy (non-hydrogen) atoms. The Morgan fingerprint density at radius 2 is 2.35 bits per heavy atom. The summed E-state index contributed by atoms with van der Waals surface area (Å²) in [5.41, 5.74) is 0.613. The maximum absolute atomic E-state index is 11.8. The first-order chi connectivity index (χ1) is 8.19. The fourth-order valence-corrected chi connectivity index (χ4v) is 1.39. The monoisotopic (exact) mass is 237 g/mol. The van der Waals surface area contributed by atoms with Crippen LogP contribution in [0.5, 0.6) is 5.88 Å². The molecule has 0 aliphatic carbocycles. The Morgan fingerprint density at radius 3 is 3.00 bits per heavy atom. The molecule has 0 aliphatic rings. The Kier molecular flexibility index (Phi) is 5.42. The Hall–Kier alpha value is -1.62. The van der Waals surface area contributed by atoms with Crippen molar-refractivity contribution in [2.45, 2.75) is 13.8 Å². The SMILES string of the molecule is CCOc1ncccc1NC(=O)C(C)CNC. The Bertz CT molecular complexity index is 369. The smallest absolute Gasteiger partial charge is 0.237 e. The number of hydrogen-bond acceptors (Lipinski definition) is 4.